The van der Waals surface area contributed by atoms with Crippen molar-refractivity contribution in [3.05, 3.63) is 64.3 Å². The summed E-state index contributed by atoms with van der Waals surface area (Å²) in [5, 5.41) is 2.77. The van der Waals surface area contributed by atoms with Gasteiger partial charge in [-0.2, -0.15) is 0 Å². The molecule has 0 spiro atoms. The van der Waals surface area contributed by atoms with E-state index in [0.29, 0.717) is 12.1 Å². The molecule has 18 heavy (non-hydrogen) atoms. The van der Waals surface area contributed by atoms with Crippen LogP contribution in [0.25, 0.3) is 0 Å². The number of carbonyl (C=O) groups is 1. The summed E-state index contributed by atoms with van der Waals surface area (Å²) < 4.78 is 1.48. The molecule has 2 aromatic rings. The number of pyridine rings is 2. The predicted octanol–water partition coefficient (Wildman–Crippen LogP) is 0.710. The fraction of sp³-hybridized carbons (Fsp3) is 0.154. The van der Waals surface area contributed by atoms with Gasteiger partial charge in [-0.15, -0.1) is 0 Å². The van der Waals surface area contributed by atoms with Crippen LogP contribution >= 0.6 is 0 Å². The molecule has 5 nitrogen and oxygen atoms in total. The van der Waals surface area contributed by atoms with Gasteiger partial charge in [0.15, 0.2) is 0 Å². The molecule has 1 amide bonds. The first-order valence-electron chi connectivity index (χ1n) is 5.50. The number of hydrogen-bond donors (Lipinski definition) is 1. The summed E-state index contributed by atoms with van der Waals surface area (Å²) in [5.74, 6) is -0.183. The first-order chi connectivity index (χ1) is 8.66. The number of rotatable bonds is 3. The molecule has 0 radical (unpaired) electrons. The quantitative estimate of drug-likeness (QED) is 0.863. The third-order valence-electron chi connectivity index (χ3n) is 2.52. The Hall–Kier alpha value is -2.43. The maximum atomic E-state index is 11.8. The molecule has 0 aliphatic rings. The van der Waals surface area contributed by atoms with Gasteiger partial charge in [-0.3, -0.25) is 14.6 Å². The normalized spacial score (nSPS) is 10.1. The molecule has 2 rings (SSSR count). The number of nitrogens with zero attached hydrogens (tertiary/aromatic N) is 2. The van der Waals surface area contributed by atoms with Crippen molar-refractivity contribution in [3.63, 3.8) is 0 Å². The number of nitrogens with one attached hydrogen (secondary N) is 1. The van der Waals surface area contributed by atoms with Crippen LogP contribution in [0.5, 0.6) is 0 Å². The van der Waals surface area contributed by atoms with E-state index < -0.39 is 0 Å². The fourth-order valence-electron chi connectivity index (χ4n) is 1.54. The molecule has 2 aromatic heterocycles. The Kier molecular flexibility index (Phi) is 3.52. The monoisotopic (exact) mass is 243 g/mol. The van der Waals surface area contributed by atoms with Crippen molar-refractivity contribution in [2.24, 2.45) is 7.05 Å². The van der Waals surface area contributed by atoms with E-state index >= 15 is 0 Å². The fourth-order valence-corrected chi connectivity index (χ4v) is 1.54. The number of amides is 1. The van der Waals surface area contributed by atoms with Crippen molar-refractivity contribution < 1.29 is 4.79 Å². The second-order valence-corrected chi connectivity index (χ2v) is 3.91. The Labute approximate surface area is 104 Å². The topological polar surface area (TPSA) is 64.0 Å². The molecule has 0 aliphatic carbocycles. The zero-order chi connectivity index (χ0) is 13.0. The molecule has 0 atom stereocenters. The maximum absolute atomic E-state index is 11.8. The molecular formula is C13H13N3O2. The second kappa shape index (κ2) is 5.27. The van der Waals surface area contributed by atoms with Crippen molar-refractivity contribution in [1.29, 1.82) is 0 Å². The van der Waals surface area contributed by atoms with Gasteiger partial charge in [0.05, 0.1) is 5.56 Å². The van der Waals surface area contributed by atoms with Crippen molar-refractivity contribution in [3.8, 4) is 0 Å². The second-order valence-electron chi connectivity index (χ2n) is 3.91. The van der Waals surface area contributed by atoms with Crippen molar-refractivity contribution in [2.75, 3.05) is 0 Å². The van der Waals surface area contributed by atoms with Crippen LogP contribution in [-0.2, 0) is 13.6 Å². The highest BCUT2D eigenvalue weighted by Gasteiger charge is 2.04. The van der Waals surface area contributed by atoms with E-state index in [4.69, 9.17) is 0 Å². The lowest BCUT2D eigenvalue weighted by Crippen LogP contribution is -2.24. The summed E-state index contributed by atoms with van der Waals surface area (Å²) in [5.41, 5.74) is 1.31. The number of carbonyl (C=O) groups excluding carboxylic acids is 1. The molecule has 0 aromatic carbocycles. The number of aromatic nitrogens is 2. The molecule has 0 unspecified atom stereocenters. The van der Waals surface area contributed by atoms with Crippen LogP contribution in [0.4, 0.5) is 0 Å². The lowest BCUT2D eigenvalue weighted by molar-refractivity contribution is 0.0950. The van der Waals surface area contributed by atoms with Crippen LogP contribution in [0.3, 0.4) is 0 Å². The molecule has 0 bridgehead atoms. The van der Waals surface area contributed by atoms with E-state index in [0.717, 1.165) is 5.56 Å². The minimum atomic E-state index is -0.183. The van der Waals surface area contributed by atoms with Gasteiger partial charge in [0.25, 0.3) is 5.91 Å². The lowest BCUT2D eigenvalue weighted by atomic mass is 10.2. The number of hydrogen-bond acceptors (Lipinski definition) is 3. The standard InChI is InChI=1S/C13H13N3O2/c1-16-9-10(4-5-12(16)17)7-15-13(18)11-3-2-6-14-8-11/h2-6,8-9H,7H2,1H3,(H,15,18). The van der Waals surface area contributed by atoms with E-state index in [9.17, 15) is 9.59 Å². The summed E-state index contributed by atoms with van der Waals surface area (Å²) in [4.78, 5) is 26.8. The Bertz CT molecular complexity index is 605. The largest absolute Gasteiger partial charge is 0.348 e. The average molecular weight is 243 g/mol. The third kappa shape index (κ3) is 2.82. The first-order valence-corrected chi connectivity index (χ1v) is 5.50. The third-order valence-corrected chi connectivity index (χ3v) is 2.52. The SMILES string of the molecule is Cn1cc(CNC(=O)c2cccnc2)ccc1=O. The molecule has 1 N–H and O–H groups in total. The van der Waals surface area contributed by atoms with Crippen LogP contribution in [-0.4, -0.2) is 15.5 Å². The average Bonchev–Trinajstić information content (AvgIpc) is 2.41. The molecule has 0 fully saturated rings. The zero-order valence-corrected chi connectivity index (χ0v) is 9.96. The number of aryl methyl sites for hydroxylation is 1. The summed E-state index contributed by atoms with van der Waals surface area (Å²) in [6.45, 7) is 0.377. The zero-order valence-electron chi connectivity index (χ0n) is 9.96. The van der Waals surface area contributed by atoms with E-state index in [1.165, 1.54) is 16.8 Å². The summed E-state index contributed by atoms with van der Waals surface area (Å²) in [6, 6.07) is 6.58. The van der Waals surface area contributed by atoms with E-state index in [2.05, 4.69) is 10.3 Å². The van der Waals surface area contributed by atoms with E-state index in [1.807, 2.05) is 0 Å². The van der Waals surface area contributed by atoms with Crippen molar-refractivity contribution in [2.45, 2.75) is 6.54 Å². The highest BCUT2D eigenvalue weighted by Crippen LogP contribution is 1.98. The Morgan fingerprint density at radius 3 is 2.89 bits per heavy atom. The highest BCUT2D eigenvalue weighted by atomic mass is 16.1. The summed E-state index contributed by atoms with van der Waals surface area (Å²) >= 11 is 0. The van der Waals surface area contributed by atoms with Gasteiger partial charge in [-0.05, 0) is 17.7 Å². The molecule has 2 heterocycles. The highest BCUT2D eigenvalue weighted by molar-refractivity contribution is 5.93. The van der Waals surface area contributed by atoms with Crippen LogP contribution in [0.15, 0.2) is 47.7 Å². The summed E-state index contributed by atoms with van der Waals surface area (Å²) in [7, 11) is 1.68. The molecule has 0 aliphatic heterocycles. The maximum Gasteiger partial charge on any atom is 0.253 e. The minimum Gasteiger partial charge on any atom is -0.348 e. The lowest BCUT2D eigenvalue weighted by Gasteiger charge is -2.06. The van der Waals surface area contributed by atoms with Crippen LogP contribution in [0, 0.1) is 0 Å². The first kappa shape index (κ1) is 12.0. The van der Waals surface area contributed by atoms with Gasteiger partial charge in [0.2, 0.25) is 5.56 Å². The van der Waals surface area contributed by atoms with E-state index in [1.54, 1.807) is 37.6 Å². The van der Waals surface area contributed by atoms with Crippen LogP contribution < -0.4 is 10.9 Å². The van der Waals surface area contributed by atoms with Gasteiger partial charge < -0.3 is 9.88 Å². The molecule has 92 valence electrons. The Balaban J connectivity index is 2.02. The molecule has 5 heteroatoms. The Morgan fingerprint density at radius 1 is 1.39 bits per heavy atom. The summed E-state index contributed by atoms with van der Waals surface area (Å²) in [6.07, 6.45) is 4.83. The van der Waals surface area contributed by atoms with Crippen LogP contribution in [0.2, 0.25) is 0 Å². The van der Waals surface area contributed by atoms with Crippen molar-refractivity contribution >= 4 is 5.91 Å². The van der Waals surface area contributed by atoms with Gasteiger partial charge >= 0.3 is 0 Å². The molecule has 0 saturated carbocycles. The van der Waals surface area contributed by atoms with Gasteiger partial charge in [-0.1, -0.05) is 6.07 Å². The smallest absolute Gasteiger partial charge is 0.253 e. The van der Waals surface area contributed by atoms with Crippen molar-refractivity contribution in [1.82, 2.24) is 14.9 Å². The minimum absolute atomic E-state index is 0.0719. The predicted molar refractivity (Wildman–Crippen MR) is 67.1 cm³/mol. The van der Waals surface area contributed by atoms with Gasteiger partial charge in [0, 0.05) is 38.2 Å². The molecule has 0 saturated heterocycles. The van der Waals surface area contributed by atoms with Crippen LogP contribution in [0.1, 0.15) is 15.9 Å². The molecular weight excluding hydrogens is 230 g/mol. The van der Waals surface area contributed by atoms with Gasteiger partial charge in [-0.25, -0.2) is 0 Å². The Morgan fingerprint density at radius 2 is 2.22 bits per heavy atom. The van der Waals surface area contributed by atoms with Gasteiger partial charge in [0.1, 0.15) is 0 Å². The van der Waals surface area contributed by atoms with E-state index in [-0.39, 0.29) is 11.5 Å².